The van der Waals surface area contributed by atoms with Crippen molar-refractivity contribution in [2.75, 3.05) is 5.88 Å². The van der Waals surface area contributed by atoms with E-state index >= 15 is 0 Å². The van der Waals surface area contributed by atoms with Gasteiger partial charge in [0.2, 0.25) is 0 Å². The van der Waals surface area contributed by atoms with E-state index in [2.05, 4.69) is 0 Å². The molecular formula is C15H12ClFN2O. The van der Waals surface area contributed by atoms with Crippen LogP contribution in [-0.2, 0) is 0 Å². The van der Waals surface area contributed by atoms with E-state index in [4.69, 9.17) is 16.9 Å². The first-order valence-electron chi connectivity index (χ1n) is 5.98. The Morgan fingerprint density at radius 2 is 2.15 bits per heavy atom. The molecule has 0 aliphatic rings. The summed E-state index contributed by atoms with van der Waals surface area (Å²) in [4.78, 5) is 11.8. The first-order chi connectivity index (χ1) is 9.51. The van der Waals surface area contributed by atoms with Crippen molar-refractivity contribution in [1.82, 2.24) is 4.57 Å². The fourth-order valence-electron chi connectivity index (χ4n) is 2.30. The lowest BCUT2D eigenvalue weighted by Gasteiger charge is -2.11. The van der Waals surface area contributed by atoms with Crippen molar-refractivity contribution in [3.05, 3.63) is 52.6 Å². The topological polar surface area (TPSA) is 45.8 Å². The van der Waals surface area contributed by atoms with E-state index in [-0.39, 0.29) is 17.2 Å². The number of nitrogens with zero attached hydrogens (tertiary/aromatic N) is 2. The van der Waals surface area contributed by atoms with Crippen LogP contribution in [0.3, 0.4) is 0 Å². The maximum absolute atomic E-state index is 13.7. The molecule has 0 amide bonds. The predicted octanol–water partition coefficient (Wildman–Crippen LogP) is 3.53. The molecule has 0 bridgehead atoms. The number of carbonyl (C=O) groups is 1. The normalized spacial score (nSPS) is 10.3. The third-order valence-electron chi connectivity index (χ3n) is 3.20. The summed E-state index contributed by atoms with van der Waals surface area (Å²) in [6, 6.07) is 7.98. The van der Waals surface area contributed by atoms with Crippen molar-refractivity contribution in [2.45, 2.75) is 13.8 Å². The Bertz CT molecular complexity index is 728. The van der Waals surface area contributed by atoms with Crippen LogP contribution < -0.4 is 0 Å². The van der Waals surface area contributed by atoms with Gasteiger partial charge in [-0.3, -0.25) is 4.79 Å². The van der Waals surface area contributed by atoms with Gasteiger partial charge in [0.15, 0.2) is 5.78 Å². The molecule has 5 heteroatoms. The standard InChI is InChI=1S/C15H12ClFN2O/c1-9-6-11(15(20)7-16)10(2)19(9)14-5-3-4-13(17)12(14)8-18/h3-6H,7H2,1-2H3. The molecule has 3 nitrogen and oxygen atoms in total. The average Bonchev–Trinajstić information content (AvgIpc) is 2.73. The molecule has 1 aromatic carbocycles. The monoisotopic (exact) mass is 290 g/mol. The van der Waals surface area contributed by atoms with Gasteiger partial charge in [-0.05, 0) is 32.0 Å². The van der Waals surface area contributed by atoms with Crippen molar-refractivity contribution in [1.29, 1.82) is 5.26 Å². The van der Waals surface area contributed by atoms with Gasteiger partial charge in [-0.15, -0.1) is 11.6 Å². The summed E-state index contributed by atoms with van der Waals surface area (Å²) in [7, 11) is 0. The molecule has 102 valence electrons. The molecule has 0 aliphatic carbocycles. The number of alkyl halides is 1. The minimum Gasteiger partial charge on any atom is -0.316 e. The van der Waals surface area contributed by atoms with Crippen molar-refractivity contribution in [3.63, 3.8) is 0 Å². The van der Waals surface area contributed by atoms with E-state index < -0.39 is 5.82 Å². The summed E-state index contributed by atoms with van der Waals surface area (Å²) in [6.07, 6.45) is 0. The molecule has 20 heavy (non-hydrogen) atoms. The second-order valence-corrected chi connectivity index (χ2v) is 4.69. The molecule has 0 N–H and O–H groups in total. The number of hydrogen-bond acceptors (Lipinski definition) is 2. The van der Waals surface area contributed by atoms with Crippen LogP contribution in [0.4, 0.5) is 4.39 Å². The van der Waals surface area contributed by atoms with Crippen LogP contribution in [0.25, 0.3) is 5.69 Å². The number of rotatable bonds is 3. The molecule has 0 spiro atoms. The zero-order valence-corrected chi connectivity index (χ0v) is 11.8. The van der Waals surface area contributed by atoms with Gasteiger partial charge in [0.1, 0.15) is 17.4 Å². The number of aromatic nitrogens is 1. The first kappa shape index (κ1) is 14.3. The van der Waals surface area contributed by atoms with Crippen LogP contribution in [0.1, 0.15) is 27.3 Å². The van der Waals surface area contributed by atoms with Crippen molar-refractivity contribution < 1.29 is 9.18 Å². The molecule has 0 fully saturated rings. The summed E-state index contributed by atoms with van der Waals surface area (Å²) in [5.41, 5.74) is 2.27. The maximum atomic E-state index is 13.7. The molecule has 0 aliphatic heterocycles. The highest BCUT2D eigenvalue weighted by molar-refractivity contribution is 6.30. The number of ketones is 1. The van der Waals surface area contributed by atoms with Gasteiger partial charge in [-0.2, -0.15) is 5.26 Å². The highest BCUT2D eigenvalue weighted by Crippen LogP contribution is 2.25. The Morgan fingerprint density at radius 1 is 1.45 bits per heavy atom. The van der Waals surface area contributed by atoms with Gasteiger partial charge in [-0.25, -0.2) is 4.39 Å². The molecule has 0 unspecified atom stereocenters. The molecule has 2 rings (SSSR count). The number of halogens is 2. The number of hydrogen-bond donors (Lipinski definition) is 0. The van der Waals surface area contributed by atoms with Crippen LogP contribution in [0, 0.1) is 31.0 Å². The second-order valence-electron chi connectivity index (χ2n) is 4.42. The van der Waals surface area contributed by atoms with E-state index in [0.717, 1.165) is 5.69 Å². The first-order valence-corrected chi connectivity index (χ1v) is 6.51. The van der Waals surface area contributed by atoms with Gasteiger partial charge in [-0.1, -0.05) is 6.07 Å². The molecular weight excluding hydrogens is 279 g/mol. The van der Waals surface area contributed by atoms with Crippen molar-refractivity contribution >= 4 is 17.4 Å². The van der Waals surface area contributed by atoms with Crippen molar-refractivity contribution in [3.8, 4) is 11.8 Å². The average molecular weight is 291 g/mol. The third kappa shape index (κ3) is 2.21. The Kier molecular flexibility index (Phi) is 3.91. The highest BCUT2D eigenvalue weighted by atomic mass is 35.5. The predicted molar refractivity (Wildman–Crippen MR) is 75.0 cm³/mol. The van der Waals surface area contributed by atoms with E-state index in [1.807, 2.05) is 6.07 Å². The lowest BCUT2D eigenvalue weighted by molar-refractivity contribution is 0.102. The lowest BCUT2D eigenvalue weighted by atomic mass is 10.1. The molecule has 2 aromatic rings. The minimum atomic E-state index is -0.581. The summed E-state index contributed by atoms with van der Waals surface area (Å²) in [5, 5.41) is 9.11. The molecule has 0 saturated carbocycles. The quantitative estimate of drug-likeness (QED) is 0.641. The van der Waals surface area contributed by atoms with Gasteiger partial charge >= 0.3 is 0 Å². The van der Waals surface area contributed by atoms with Crippen LogP contribution in [0.5, 0.6) is 0 Å². The Morgan fingerprint density at radius 3 is 2.75 bits per heavy atom. The largest absolute Gasteiger partial charge is 0.316 e. The number of nitriles is 1. The number of Topliss-reactive ketones (excluding diaryl/α,β-unsaturated/α-hetero) is 1. The van der Waals surface area contributed by atoms with E-state index in [1.54, 1.807) is 30.5 Å². The van der Waals surface area contributed by atoms with Crippen LogP contribution in [-0.4, -0.2) is 16.2 Å². The van der Waals surface area contributed by atoms with Crippen LogP contribution in [0.2, 0.25) is 0 Å². The van der Waals surface area contributed by atoms with Crippen LogP contribution >= 0.6 is 11.6 Å². The fourth-order valence-corrected chi connectivity index (χ4v) is 2.44. The summed E-state index contributed by atoms with van der Waals surface area (Å²) in [6.45, 7) is 3.54. The fraction of sp³-hybridized carbons (Fsp3) is 0.200. The second kappa shape index (κ2) is 5.48. The maximum Gasteiger partial charge on any atom is 0.179 e. The van der Waals surface area contributed by atoms with E-state index in [1.165, 1.54) is 12.1 Å². The summed E-state index contributed by atoms with van der Waals surface area (Å²) < 4.78 is 15.4. The number of benzene rings is 1. The Balaban J connectivity index is 2.72. The van der Waals surface area contributed by atoms with Gasteiger partial charge in [0, 0.05) is 17.0 Å². The minimum absolute atomic E-state index is 0.0424. The van der Waals surface area contributed by atoms with Gasteiger partial charge in [0.25, 0.3) is 0 Å². The van der Waals surface area contributed by atoms with Crippen LogP contribution in [0.15, 0.2) is 24.3 Å². The molecule has 0 saturated heterocycles. The molecule has 1 aromatic heterocycles. The summed E-state index contributed by atoms with van der Waals surface area (Å²) >= 11 is 5.58. The summed E-state index contributed by atoms with van der Waals surface area (Å²) in [5.74, 6) is -0.887. The third-order valence-corrected chi connectivity index (χ3v) is 3.44. The zero-order valence-electron chi connectivity index (χ0n) is 11.1. The Labute approximate surface area is 121 Å². The smallest absolute Gasteiger partial charge is 0.179 e. The Hall–Kier alpha value is -2.12. The number of aryl methyl sites for hydroxylation is 1. The van der Waals surface area contributed by atoms with Gasteiger partial charge in [0.05, 0.1) is 11.6 Å². The SMILES string of the molecule is Cc1cc(C(=O)CCl)c(C)n1-c1cccc(F)c1C#N. The molecule has 0 atom stereocenters. The number of carbonyl (C=O) groups excluding carboxylic acids is 1. The van der Waals surface area contributed by atoms with Crippen molar-refractivity contribution in [2.24, 2.45) is 0 Å². The zero-order chi connectivity index (χ0) is 14.9. The highest BCUT2D eigenvalue weighted by Gasteiger charge is 2.18. The van der Waals surface area contributed by atoms with Gasteiger partial charge < -0.3 is 4.57 Å². The lowest BCUT2D eigenvalue weighted by Crippen LogP contribution is -2.06. The molecule has 0 radical (unpaired) electrons. The van der Waals surface area contributed by atoms with E-state index in [9.17, 15) is 9.18 Å². The van der Waals surface area contributed by atoms with E-state index in [0.29, 0.717) is 16.9 Å². The molecule has 1 heterocycles.